The fourth-order valence-electron chi connectivity index (χ4n) is 1.83. The Kier molecular flexibility index (Phi) is 3.25. The maximum absolute atomic E-state index is 10.7. The number of fused-ring (bicyclic) bond motifs is 1. The Labute approximate surface area is 95.3 Å². The van der Waals surface area contributed by atoms with Crippen LogP contribution in [-0.4, -0.2) is 19.1 Å². The van der Waals surface area contributed by atoms with Crippen molar-refractivity contribution in [1.29, 1.82) is 0 Å². The average molecular weight is 217 g/mol. The van der Waals surface area contributed by atoms with E-state index in [0.29, 0.717) is 13.2 Å². The summed E-state index contributed by atoms with van der Waals surface area (Å²) in [6.07, 6.45) is 5.14. The third kappa shape index (κ3) is 2.42. The Morgan fingerprint density at radius 1 is 1.44 bits per heavy atom. The molecule has 0 aliphatic carbocycles. The van der Waals surface area contributed by atoms with Gasteiger partial charge >= 0.3 is 5.97 Å². The standard InChI is InChI=1S/C13H15NO2/c1-11(15)16-10-9-14-8-4-6-12-5-2-3-7-13(12)14/h2-5,7-8H,6,9-10H2,1H3. The minimum atomic E-state index is -0.228. The SMILES string of the molecule is CC(=O)OCCN1C=CCc2ccccc21. The average Bonchev–Trinajstić information content (AvgIpc) is 2.29. The van der Waals surface area contributed by atoms with Gasteiger partial charge in [0.25, 0.3) is 0 Å². The van der Waals surface area contributed by atoms with Crippen molar-refractivity contribution < 1.29 is 9.53 Å². The molecule has 0 amide bonds. The summed E-state index contributed by atoms with van der Waals surface area (Å²) in [6, 6.07) is 8.28. The highest BCUT2D eigenvalue weighted by molar-refractivity contribution is 5.66. The van der Waals surface area contributed by atoms with Crippen LogP contribution < -0.4 is 4.90 Å². The molecule has 0 saturated heterocycles. The number of carbonyl (C=O) groups is 1. The van der Waals surface area contributed by atoms with Gasteiger partial charge in [0, 0.05) is 18.8 Å². The Balaban J connectivity index is 2.02. The van der Waals surface area contributed by atoms with Gasteiger partial charge in [0.15, 0.2) is 0 Å². The summed E-state index contributed by atoms with van der Waals surface area (Å²) in [5, 5.41) is 0. The van der Waals surface area contributed by atoms with E-state index in [2.05, 4.69) is 23.1 Å². The zero-order valence-electron chi connectivity index (χ0n) is 9.35. The molecule has 0 radical (unpaired) electrons. The Morgan fingerprint density at radius 2 is 2.25 bits per heavy atom. The Morgan fingerprint density at radius 3 is 3.06 bits per heavy atom. The normalized spacial score (nSPS) is 13.4. The van der Waals surface area contributed by atoms with Crippen molar-refractivity contribution in [2.75, 3.05) is 18.1 Å². The molecule has 1 aliphatic rings. The van der Waals surface area contributed by atoms with Crippen LogP contribution >= 0.6 is 0 Å². The molecule has 0 N–H and O–H groups in total. The number of allylic oxidation sites excluding steroid dienone is 1. The summed E-state index contributed by atoms with van der Waals surface area (Å²) in [4.78, 5) is 12.8. The molecule has 0 unspecified atom stereocenters. The maximum Gasteiger partial charge on any atom is 0.302 e. The van der Waals surface area contributed by atoms with Crippen molar-refractivity contribution in [1.82, 2.24) is 0 Å². The number of hydrogen-bond donors (Lipinski definition) is 0. The first-order valence-electron chi connectivity index (χ1n) is 5.42. The van der Waals surface area contributed by atoms with Crippen molar-refractivity contribution in [3.8, 4) is 0 Å². The Bertz CT molecular complexity index is 412. The number of ether oxygens (including phenoxy) is 1. The predicted octanol–water partition coefficient (Wildman–Crippen LogP) is 2.13. The molecule has 1 aromatic carbocycles. The van der Waals surface area contributed by atoms with Crippen molar-refractivity contribution in [3.05, 3.63) is 42.1 Å². The van der Waals surface area contributed by atoms with Gasteiger partial charge in [-0.2, -0.15) is 0 Å². The van der Waals surface area contributed by atoms with E-state index in [9.17, 15) is 4.79 Å². The van der Waals surface area contributed by atoms with Crippen LogP contribution in [-0.2, 0) is 16.0 Å². The molecule has 0 spiro atoms. The van der Waals surface area contributed by atoms with Crippen LogP contribution in [0.25, 0.3) is 0 Å². The third-order valence-electron chi connectivity index (χ3n) is 2.56. The zero-order valence-corrected chi connectivity index (χ0v) is 9.35. The van der Waals surface area contributed by atoms with Crippen LogP contribution in [0, 0.1) is 0 Å². The lowest BCUT2D eigenvalue weighted by molar-refractivity contribution is -0.140. The van der Waals surface area contributed by atoms with E-state index < -0.39 is 0 Å². The number of esters is 1. The van der Waals surface area contributed by atoms with Gasteiger partial charge in [0.1, 0.15) is 6.61 Å². The van der Waals surface area contributed by atoms with Gasteiger partial charge in [-0.25, -0.2) is 0 Å². The molecule has 2 rings (SSSR count). The highest BCUT2D eigenvalue weighted by atomic mass is 16.5. The van der Waals surface area contributed by atoms with E-state index in [-0.39, 0.29) is 5.97 Å². The van der Waals surface area contributed by atoms with Gasteiger partial charge in [-0.3, -0.25) is 4.79 Å². The molecule has 0 bridgehead atoms. The molecule has 1 heterocycles. The fourth-order valence-corrected chi connectivity index (χ4v) is 1.83. The maximum atomic E-state index is 10.7. The lowest BCUT2D eigenvalue weighted by Crippen LogP contribution is -2.25. The molecule has 3 heteroatoms. The van der Waals surface area contributed by atoms with Crippen molar-refractivity contribution in [2.45, 2.75) is 13.3 Å². The zero-order chi connectivity index (χ0) is 11.4. The predicted molar refractivity (Wildman–Crippen MR) is 63.3 cm³/mol. The summed E-state index contributed by atoms with van der Waals surface area (Å²) in [5.41, 5.74) is 2.52. The molecule has 84 valence electrons. The van der Waals surface area contributed by atoms with Gasteiger partial charge in [-0.1, -0.05) is 24.3 Å². The first kappa shape index (κ1) is 10.7. The molecule has 0 aromatic heterocycles. The van der Waals surface area contributed by atoms with Crippen LogP contribution in [0.2, 0.25) is 0 Å². The second-order valence-electron chi connectivity index (χ2n) is 3.75. The van der Waals surface area contributed by atoms with Crippen LogP contribution in [0.3, 0.4) is 0 Å². The molecule has 0 fully saturated rings. The number of para-hydroxylation sites is 1. The minimum Gasteiger partial charge on any atom is -0.464 e. The van der Waals surface area contributed by atoms with Gasteiger partial charge in [0.2, 0.25) is 0 Å². The summed E-state index contributed by atoms with van der Waals surface area (Å²) >= 11 is 0. The molecular formula is C13H15NO2. The van der Waals surface area contributed by atoms with Crippen LogP contribution in [0.1, 0.15) is 12.5 Å². The second-order valence-corrected chi connectivity index (χ2v) is 3.75. The fraction of sp³-hybridized carbons (Fsp3) is 0.308. The summed E-state index contributed by atoms with van der Waals surface area (Å²) in [5.74, 6) is -0.228. The highest BCUT2D eigenvalue weighted by Gasteiger charge is 2.11. The Hall–Kier alpha value is -1.77. The van der Waals surface area contributed by atoms with Crippen molar-refractivity contribution in [2.24, 2.45) is 0 Å². The molecule has 0 saturated carbocycles. The smallest absolute Gasteiger partial charge is 0.302 e. The molecular weight excluding hydrogens is 202 g/mol. The van der Waals surface area contributed by atoms with E-state index in [4.69, 9.17) is 4.74 Å². The van der Waals surface area contributed by atoms with E-state index >= 15 is 0 Å². The molecule has 1 aromatic rings. The summed E-state index contributed by atoms with van der Waals surface area (Å²) in [6.45, 7) is 2.56. The number of benzene rings is 1. The van der Waals surface area contributed by atoms with E-state index in [1.807, 2.05) is 18.3 Å². The van der Waals surface area contributed by atoms with Gasteiger partial charge in [-0.15, -0.1) is 0 Å². The minimum absolute atomic E-state index is 0.228. The lowest BCUT2D eigenvalue weighted by Gasteiger charge is -2.26. The molecule has 0 atom stereocenters. The third-order valence-corrected chi connectivity index (χ3v) is 2.56. The molecule has 1 aliphatic heterocycles. The van der Waals surface area contributed by atoms with Crippen LogP contribution in [0.4, 0.5) is 5.69 Å². The van der Waals surface area contributed by atoms with E-state index in [0.717, 1.165) is 6.42 Å². The molecule has 3 nitrogen and oxygen atoms in total. The first-order valence-corrected chi connectivity index (χ1v) is 5.42. The topological polar surface area (TPSA) is 29.5 Å². The van der Waals surface area contributed by atoms with Crippen molar-refractivity contribution in [3.63, 3.8) is 0 Å². The van der Waals surface area contributed by atoms with Gasteiger partial charge in [-0.05, 0) is 18.1 Å². The van der Waals surface area contributed by atoms with Gasteiger partial charge < -0.3 is 9.64 Å². The first-order chi connectivity index (χ1) is 7.77. The van der Waals surface area contributed by atoms with Crippen molar-refractivity contribution >= 4 is 11.7 Å². The van der Waals surface area contributed by atoms with E-state index in [1.54, 1.807) is 0 Å². The quantitative estimate of drug-likeness (QED) is 0.726. The largest absolute Gasteiger partial charge is 0.464 e. The number of nitrogens with zero attached hydrogens (tertiary/aromatic N) is 1. The summed E-state index contributed by atoms with van der Waals surface area (Å²) < 4.78 is 4.95. The monoisotopic (exact) mass is 217 g/mol. The number of hydrogen-bond acceptors (Lipinski definition) is 3. The van der Waals surface area contributed by atoms with Crippen LogP contribution in [0.15, 0.2) is 36.5 Å². The number of carbonyl (C=O) groups excluding carboxylic acids is 1. The lowest BCUT2D eigenvalue weighted by atomic mass is 10.1. The van der Waals surface area contributed by atoms with E-state index in [1.165, 1.54) is 18.2 Å². The number of rotatable bonds is 3. The highest BCUT2D eigenvalue weighted by Crippen LogP contribution is 2.24. The summed E-state index contributed by atoms with van der Waals surface area (Å²) in [7, 11) is 0. The van der Waals surface area contributed by atoms with Gasteiger partial charge in [0.05, 0.1) is 6.54 Å². The van der Waals surface area contributed by atoms with Crippen LogP contribution in [0.5, 0.6) is 0 Å². The second kappa shape index (κ2) is 4.84. The number of anilines is 1. The molecule has 16 heavy (non-hydrogen) atoms.